The summed E-state index contributed by atoms with van der Waals surface area (Å²) in [7, 11) is 0. The minimum Gasteiger partial charge on any atom is -0.479 e. The van der Waals surface area contributed by atoms with E-state index in [0.717, 1.165) is 11.1 Å². The number of benzene rings is 1. The molecule has 1 aromatic carbocycles. The number of nitrogens with one attached hydrogen (secondary N) is 1. The second-order valence-electron chi connectivity index (χ2n) is 3.97. The molecule has 100 valence electrons. The molecule has 1 unspecified atom stereocenters. The Hall–Kier alpha value is -0.970. The van der Waals surface area contributed by atoms with Crippen LogP contribution in [0.3, 0.4) is 0 Å². The van der Waals surface area contributed by atoms with Crippen LogP contribution in [0.25, 0.3) is 0 Å². The standard InChI is InChI=1S/C12H16Cl2N2O2/c1-4-8(12(17)16-15)18-9-5-6(2)10(13)7(3)11(9)14/h5,8H,4,15H2,1-3H3,(H,16,17). The van der Waals surface area contributed by atoms with Crippen LogP contribution in [0.2, 0.25) is 10.0 Å². The lowest BCUT2D eigenvalue weighted by Crippen LogP contribution is -2.41. The lowest BCUT2D eigenvalue weighted by Gasteiger charge is -2.18. The zero-order valence-corrected chi connectivity index (χ0v) is 12.0. The van der Waals surface area contributed by atoms with Crippen LogP contribution in [0.4, 0.5) is 0 Å². The fourth-order valence-corrected chi connectivity index (χ4v) is 1.95. The van der Waals surface area contributed by atoms with Gasteiger partial charge in [0.25, 0.3) is 5.91 Å². The average molecular weight is 291 g/mol. The van der Waals surface area contributed by atoms with Crippen molar-refractivity contribution in [3.8, 4) is 5.75 Å². The van der Waals surface area contributed by atoms with Gasteiger partial charge < -0.3 is 4.74 Å². The van der Waals surface area contributed by atoms with Crippen LogP contribution in [-0.2, 0) is 4.79 Å². The van der Waals surface area contributed by atoms with Crippen LogP contribution in [0.5, 0.6) is 5.75 Å². The van der Waals surface area contributed by atoms with E-state index >= 15 is 0 Å². The Morgan fingerprint density at radius 1 is 1.44 bits per heavy atom. The predicted molar refractivity (Wildman–Crippen MR) is 73.0 cm³/mol. The average Bonchev–Trinajstić information content (AvgIpc) is 2.38. The van der Waals surface area contributed by atoms with Gasteiger partial charge in [-0.3, -0.25) is 10.2 Å². The topological polar surface area (TPSA) is 64.3 Å². The van der Waals surface area contributed by atoms with Gasteiger partial charge >= 0.3 is 0 Å². The summed E-state index contributed by atoms with van der Waals surface area (Å²) in [5, 5.41) is 1.01. The molecule has 0 aliphatic carbocycles. The molecule has 1 amide bonds. The predicted octanol–water partition coefficient (Wildman–Crippen LogP) is 2.76. The molecule has 1 aromatic rings. The van der Waals surface area contributed by atoms with Gasteiger partial charge in [-0.05, 0) is 37.5 Å². The third-order valence-electron chi connectivity index (χ3n) is 2.64. The van der Waals surface area contributed by atoms with E-state index in [9.17, 15) is 4.79 Å². The van der Waals surface area contributed by atoms with Gasteiger partial charge in [0.2, 0.25) is 0 Å². The van der Waals surface area contributed by atoms with Crippen molar-refractivity contribution in [1.82, 2.24) is 5.43 Å². The number of rotatable bonds is 4. The summed E-state index contributed by atoms with van der Waals surface area (Å²) in [5.74, 6) is 5.14. The second-order valence-corrected chi connectivity index (χ2v) is 4.72. The highest BCUT2D eigenvalue weighted by Gasteiger charge is 2.20. The minimum atomic E-state index is -0.674. The summed E-state index contributed by atoms with van der Waals surface area (Å²) in [6.07, 6.45) is -0.187. The van der Waals surface area contributed by atoms with E-state index in [-0.39, 0.29) is 5.91 Å². The van der Waals surface area contributed by atoms with Crippen molar-refractivity contribution < 1.29 is 9.53 Å². The maximum Gasteiger partial charge on any atom is 0.274 e. The molecule has 1 rings (SSSR count). The van der Waals surface area contributed by atoms with Crippen LogP contribution in [0, 0.1) is 13.8 Å². The molecule has 0 fully saturated rings. The quantitative estimate of drug-likeness (QED) is 0.509. The second kappa shape index (κ2) is 6.27. The Morgan fingerprint density at radius 3 is 2.56 bits per heavy atom. The molecule has 4 nitrogen and oxygen atoms in total. The molecule has 0 saturated heterocycles. The Morgan fingerprint density at radius 2 is 2.06 bits per heavy atom. The molecule has 18 heavy (non-hydrogen) atoms. The highest BCUT2D eigenvalue weighted by atomic mass is 35.5. The lowest BCUT2D eigenvalue weighted by atomic mass is 10.1. The lowest BCUT2D eigenvalue weighted by molar-refractivity contribution is -0.128. The van der Waals surface area contributed by atoms with E-state index in [1.54, 1.807) is 13.0 Å². The van der Waals surface area contributed by atoms with Crippen LogP contribution < -0.4 is 16.0 Å². The van der Waals surface area contributed by atoms with Gasteiger partial charge in [-0.15, -0.1) is 0 Å². The fourth-order valence-electron chi connectivity index (χ4n) is 1.55. The zero-order chi connectivity index (χ0) is 13.9. The van der Waals surface area contributed by atoms with E-state index in [1.807, 2.05) is 13.8 Å². The third kappa shape index (κ3) is 3.07. The molecule has 0 heterocycles. The molecule has 0 aromatic heterocycles. The number of amides is 1. The van der Waals surface area contributed by atoms with E-state index in [2.05, 4.69) is 5.43 Å². The summed E-state index contributed by atoms with van der Waals surface area (Å²) in [5.41, 5.74) is 3.64. The van der Waals surface area contributed by atoms with Crippen LogP contribution >= 0.6 is 23.2 Å². The molecule has 1 atom stereocenters. The van der Waals surface area contributed by atoms with Gasteiger partial charge in [-0.1, -0.05) is 30.1 Å². The SMILES string of the molecule is CCC(Oc1cc(C)c(Cl)c(C)c1Cl)C(=O)NN. The Labute approximate surface area is 116 Å². The van der Waals surface area contributed by atoms with Crippen molar-refractivity contribution in [2.45, 2.75) is 33.3 Å². The number of carbonyl (C=O) groups is 1. The number of aryl methyl sites for hydroxylation is 1. The van der Waals surface area contributed by atoms with E-state index < -0.39 is 6.10 Å². The van der Waals surface area contributed by atoms with Crippen molar-refractivity contribution in [2.24, 2.45) is 5.84 Å². The van der Waals surface area contributed by atoms with Crippen LogP contribution in [-0.4, -0.2) is 12.0 Å². The number of carbonyl (C=O) groups excluding carboxylic acids is 1. The summed E-state index contributed by atoms with van der Waals surface area (Å²) in [4.78, 5) is 11.5. The molecule has 3 N–H and O–H groups in total. The molecule has 6 heteroatoms. The van der Waals surface area contributed by atoms with Crippen LogP contribution in [0.1, 0.15) is 24.5 Å². The van der Waals surface area contributed by atoms with Crippen molar-refractivity contribution in [3.05, 3.63) is 27.2 Å². The summed E-state index contributed by atoms with van der Waals surface area (Å²) in [6.45, 7) is 5.47. The molecule has 0 aliphatic rings. The zero-order valence-electron chi connectivity index (χ0n) is 10.5. The van der Waals surface area contributed by atoms with Gasteiger partial charge in [0.05, 0.1) is 5.02 Å². The first-order valence-electron chi connectivity index (χ1n) is 5.54. The maximum absolute atomic E-state index is 11.5. The van der Waals surface area contributed by atoms with Gasteiger partial charge in [-0.25, -0.2) is 5.84 Å². The summed E-state index contributed by atoms with van der Waals surface area (Å²) in [6, 6.07) is 1.71. The van der Waals surface area contributed by atoms with Crippen LogP contribution in [0.15, 0.2) is 6.07 Å². The largest absolute Gasteiger partial charge is 0.479 e. The number of nitrogens with two attached hydrogens (primary N) is 1. The molecular formula is C12H16Cl2N2O2. The fraction of sp³-hybridized carbons (Fsp3) is 0.417. The Kier molecular flexibility index (Phi) is 5.26. The number of halogens is 2. The number of ether oxygens (including phenoxy) is 1. The van der Waals surface area contributed by atoms with E-state index in [1.165, 1.54) is 0 Å². The Balaban J connectivity index is 3.07. The Bertz CT molecular complexity index is 464. The monoisotopic (exact) mass is 290 g/mol. The van der Waals surface area contributed by atoms with Crippen molar-refractivity contribution in [1.29, 1.82) is 0 Å². The first-order valence-corrected chi connectivity index (χ1v) is 6.30. The van der Waals surface area contributed by atoms with Crippen molar-refractivity contribution in [3.63, 3.8) is 0 Å². The van der Waals surface area contributed by atoms with Crippen molar-refractivity contribution >= 4 is 29.1 Å². The molecule has 0 radical (unpaired) electrons. The smallest absolute Gasteiger partial charge is 0.274 e. The highest BCUT2D eigenvalue weighted by Crippen LogP contribution is 2.36. The number of hydrazine groups is 1. The normalized spacial score (nSPS) is 12.1. The first kappa shape index (κ1) is 15.1. The van der Waals surface area contributed by atoms with E-state index in [4.69, 9.17) is 33.8 Å². The summed E-state index contributed by atoms with van der Waals surface area (Å²) >= 11 is 12.2. The third-order valence-corrected chi connectivity index (χ3v) is 3.69. The molecule has 0 spiro atoms. The minimum absolute atomic E-state index is 0.390. The maximum atomic E-state index is 11.5. The van der Waals surface area contributed by atoms with Gasteiger partial charge in [0.1, 0.15) is 5.75 Å². The van der Waals surface area contributed by atoms with E-state index in [0.29, 0.717) is 22.2 Å². The first-order chi connectivity index (χ1) is 8.42. The van der Waals surface area contributed by atoms with Crippen molar-refractivity contribution in [2.75, 3.05) is 0 Å². The molecule has 0 saturated carbocycles. The molecular weight excluding hydrogens is 275 g/mol. The highest BCUT2D eigenvalue weighted by molar-refractivity contribution is 6.37. The van der Waals surface area contributed by atoms with Gasteiger partial charge in [0, 0.05) is 5.02 Å². The number of hydrogen-bond donors (Lipinski definition) is 2. The van der Waals surface area contributed by atoms with Gasteiger partial charge in [0.15, 0.2) is 6.10 Å². The molecule has 0 aliphatic heterocycles. The molecule has 0 bridgehead atoms. The summed E-state index contributed by atoms with van der Waals surface area (Å²) < 4.78 is 5.58. The number of hydrogen-bond acceptors (Lipinski definition) is 3. The van der Waals surface area contributed by atoms with Gasteiger partial charge in [-0.2, -0.15) is 0 Å².